The van der Waals surface area contributed by atoms with Crippen LogP contribution in [0.3, 0.4) is 0 Å². The highest BCUT2D eigenvalue weighted by molar-refractivity contribution is 5.75. The molecule has 1 N–H and O–H groups in total. The molecule has 2 fully saturated rings. The number of nitrogens with zero attached hydrogens (tertiary/aromatic N) is 2. The lowest BCUT2D eigenvalue weighted by Crippen LogP contribution is -2.60. The first-order valence-electron chi connectivity index (χ1n) is 5.84. The van der Waals surface area contributed by atoms with E-state index in [1.165, 1.54) is 19.3 Å². The van der Waals surface area contributed by atoms with Gasteiger partial charge in [-0.05, 0) is 39.8 Å². The first-order chi connectivity index (χ1) is 7.14. The van der Waals surface area contributed by atoms with Crippen molar-refractivity contribution >= 4 is 6.03 Å². The summed E-state index contributed by atoms with van der Waals surface area (Å²) >= 11 is 0. The zero-order valence-electron chi connectivity index (χ0n) is 9.75. The van der Waals surface area contributed by atoms with Crippen LogP contribution in [0.15, 0.2) is 0 Å². The quantitative estimate of drug-likeness (QED) is 0.752. The average molecular weight is 211 g/mol. The average Bonchev–Trinajstić information content (AvgIpc) is 2.13. The Morgan fingerprint density at radius 2 is 2.13 bits per heavy atom. The summed E-state index contributed by atoms with van der Waals surface area (Å²) in [6, 6.07) is 0.120. The van der Waals surface area contributed by atoms with Gasteiger partial charge in [-0.25, -0.2) is 4.79 Å². The minimum Gasteiger partial charge on any atom is -0.338 e. The number of amides is 2. The molecular weight excluding hydrogens is 190 g/mol. The Kier molecular flexibility index (Phi) is 2.87. The number of hydrogen-bond donors (Lipinski definition) is 1. The zero-order chi connectivity index (χ0) is 10.9. The topological polar surface area (TPSA) is 35.6 Å². The van der Waals surface area contributed by atoms with E-state index in [2.05, 4.69) is 24.3 Å². The Labute approximate surface area is 91.6 Å². The lowest BCUT2D eigenvalue weighted by Gasteiger charge is -2.50. The van der Waals surface area contributed by atoms with Crippen LogP contribution in [0.25, 0.3) is 0 Å². The molecule has 0 radical (unpaired) electrons. The Balaban J connectivity index is 1.97. The lowest BCUT2D eigenvalue weighted by atomic mass is 9.75. The van der Waals surface area contributed by atoms with Crippen molar-refractivity contribution in [2.75, 3.05) is 33.7 Å². The normalized spacial score (nSPS) is 25.0. The highest BCUT2D eigenvalue weighted by atomic mass is 16.2. The smallest absolute Gasteiger partial charge is 0.317 e. The molecule has 0 aromatic rings. The molecule has 0 spiro atoms. The summed E-state index contributed by atoms with van der Waals surface area (Å²) in [4.78, 5) is 15.9. The van der Waals surface area contributed by atoms with Crippen LogP contribution in [0.5, 0.6) is 0 Å². The molecule has 4 heteroatoms. The van der Waals surface area contributed by atoms with Gasteiger partial charge in [-0.1, -0.05) is 0 Å². The maximum Gasteiger partial charge on any atom is 0.317 e. The number of carbonyl (C=O) groups is 1. The second-order valence-corrected chi connectivity index (χ2v) is 4.98. The van der Waals surface area contributed by atoms with Crippen LogP contribution in [0, 0.1) is 0 Å². The standard InChI is InChI=1S/C11H21N3O/c1-13(2)11(5-3-6-11)9-14-8-4-7-12-10(14)15/h3-9H2,1-2H3,(H,12,15). The van der Waals surface area contributed by atoms with Crippen molar-refractivity contribution in [3.8, 4) is 0 Å². The van der Waals surface area contributed by atoms with Crippen molar-refractivity contribution in [3.05, 3.63) is 0 Å². The monoisotopic (exact) mass is 211 g/mol. The second-order valence-electron chi connectivity index (χ2n) is 4.98. The van der Waals surface area contributed by atoms with E-state index in [4.69, 9.17) is 0 Å². The molecule has 0 unspecified atom stereocenters. The largest absolute Gasteiger partial charge is 0.338 e. The van der Waals surface area contributed by atoms with E-state index >= 15 is 0 Å². The van der Waals surface area contributed by atoms with Gasteiger partial charge in [0.1, 0.15) is 0 Å². The summed E-state index contributed by atoms with van der Waals surface area (Å²) in [6.07, 6.45) is 4.83. The SMILES string of the molecule is CN(C)C1(CN2CCCNC2=O)CCC1. The summed E-state index contributed by atoms with van der Waals surface area (Å²) < 4.78 is 0. The number of hydrogen-bond acceptors (Lipinski definition) is 2. The molecule has 0 atom stereocenters. The van der Waals surface area contributed by atoms with E-state index in [-0.39, 0.29) is 11.6 Å². The third-order valence-corrected chi connectivity index (χ3v) is 3.89. The maximum atomic E-state index is 11.6. The fraction of sp³-hybridized carbons (Fsp3) is 0.909. The van der Waals surface area contributed by atoms with Gasteiger partial charge < -0.3 is 15.1 Å². The van der Waals surface area contributed by atoms with Crippen molar-refractivity contribution in [1.82, 2.24) is 15.1 Å². The fourth-order valence-electron chi connectivity index (χ4n) is 2.52. The third-order valence-electron chi connectivity index (χ3n) is 3.89. The molecule has 4 nitrogen and oxygen atoms in total. The summed E-state index contributed by atoms with van der Waals surface area (Å²) in [5, 5.41) is 2.91. The summed E-state index contributed by atoms with van der Waals surface area (Å²) in [5.41, 5.74) is 0.259. The molecule has 2 rings (SSSR count). The number of urea groups is 1. The van der Waals surface area contributed by atoms with E-state index in [1.807, 2.05) is 4.90 Å². The van der Waals surface area contributed by atoms with Crippen LogP contribution in [-0.2, 0) is 0 Å². The van der Waals surface area contributed by atoms with Gasteiger partial charge in [0.25, 0.3) is 0 Å². The van der Waals surface area contributed by atoms with Gasteiger partial charge >= 0.3 is 6.03 Å². The molecule has 1 aliphatic heterocycles. The van der Waals surface area contributed by atoms with Crippen molar-refractivity contribution in [3.63, 3.8) is 0 Å². The van der Waals surface area contributed by atoms with E-state index < -0.39 is 0 Å². The second kappa shape index (κ2) is 4.00. The van der Waals surface area contributed by atoms with Gasteiger partial charge in [-0.2, -0.15) is 0 Å². The van der Waals surface area contributed by atoms with E-state index in [1.54, 1.807) is 0 Å². The van der Waals surface area contributed by atoms with Crippen molar-refractivity contribution in [1.29, 1.82) is 0 Å². The summed E-state index contributed by atoms with van der Waals surface area (Å²) in [7, 11) is 4.25. The van der Waals surface area contributed by atoms with Crippen LogP contribution in [0.4, 0.5) is 4.79 Å². The molecule has 2 aliphatic rings. The molecule has 15 heavy (non-hydrogen) atoms. The third kappa shape index (κ3) is 1.95. The molecule has 0 aromatic carbocycles. The van der Waals surface area contributed by atoms with Crippen LogP contribution in [0.2, 0.25) is 0 Å². The molecule has 2 amide bonds. The first-order valence-corrected chi connectivity index (χ1v) is 5.84. The van der Waals surface area contributed by atoms with Gasteiger partial charge in [-0.15, -0.1) is 0 Å². The predicted octanol–water partition coefficient (Wildman–Crippen LogP) is 0.886. The van der Waals surface area contributed by atoms with Crippen LogP contribution in [-0.4, -0.2) is 55.1 Å². The molecule has 1 aliphatic carbocycles. The van der Waals surface area contributed by atoms with Gasteiger partial charge in [0.05, 0.1) is 0 Å². The number of carbonyl (C=O) groups excluding carboxylic acids is 1. The van der Waals surface area contributed by atoms with Crippen LogP contribution < -0.4 is 5.32 Å². The van der Waals surface area contributed by atoms with E-state index in [9.17, 15) is 4.79 Å². The Hall–Kier alpha value is -0.770. The number of rotatable bonds is 3. The Morgan fingerprint density at radius 3 is 2.60 bits per heavy atom. The highest BCUT2D eigenvalue weighted by Gasteiger charge is 2.41. The van der Waals surface area contributed by atoms with Gasteiger partial charge in [0, 0.05) is 25.2 Å². The lowest BCUT2D eigenvalue weighted by molar-refractivity contribution is 0.0281. The minimum atomic E-state index is 0.120. The molecular formula is C11H21N3O. The number of likely N-dealkylation sites (N-methyl/N-ethyl adjacent to an activating group) is 1. The molecule has 0 aromatic heterocycles. The van der Waals surface area contributed by atoms with E-state index in [0.717, 1.165) is 26.1 Å². The molecule has 0 bridgehead atoms. The zero-order valence-corrected chi connectivity index (χ0v) is 9.75. The maximum absolute atomic E-state index is 11.6. The molecule has 1 saturated heterocycles. The van der Waals surface area contributed by atoms with Crippen molar-refractivity contribution in [2.45, 2.75) is 31.2 Å². The van der Waals surface area contributed by atoms with Crippen LogP contribution >= 0.6 is 0 Å². The summed E-state index contributed by atoms with van der Waals surface area (Å²) in [6.45, 7) is 2.65. The van der Waals surface area contributed by atoms with Gasteiger partial charge in [0.2, 0.25) is 0 Å². The van der Waals surface area contributed by atoms with Crippen molar-refractivity contribution in [2.24, 2.45) is 0 Å². The van der Waals surface area contributed by atoms with Crippen LogP contribution in [0.1, 0.15) is 25.7 Å². The van der Waals surface area contributed by atoms with Gasteiger partial charge in [0.15, 0.2) is 0 Å². The first kappa shape index (κ1) is 10.7. The highest BCUT2D eigenvalue weighted by Crippen LogP contribution is 2.37. The van der Waals surface area contributed by atoms with E-state index in [0.29, 0.717) is 0 Å². The predicted molar refractivity (Wildman–Crippen MR) is 59.9 cm³/mol. The Bertz CT molecular complexity index is 248. The van der Waals surface area contributed by atoms with Crippen molar-refractivity contribution < 1.29 is 4.79 Å². The molecule has 86 valence electrons. The fourth-order valence-corrected chi connectivity index (χ4v) is 2.52. The number of nitrogens with one attached hydrogen (secondary N) is 1. The minimum absolute atomic E-state index is 0.120. The molecule has 1 saturated carbocycles. The summed E-state index contributed by atoms with van der Waals surface area (Å²) in [5.74, 6) is 0. The molecule has 1 heterocycles. The Morgan fingerprint density at radius 1 is 1.40 bits per heavy atom. The van der Waals surface area contributed by atoms with Gasteiger partial charge in [-0.3, -0.25) is 0 Å².